The van der Waals surface area contributed by atoms with Crippen molar-refractivity contribution in [1.29, 1.82) is 0 Å². The largest absolute Gasteiger partial charge is 0.351 e. The van der Waals surface area contributed by atoms with Gasteiger partial charge < -0.3 is 10.6 Å². The van der Waals surface area contributed by atoms with Crippen LogP contribution < -0.4 is 10.6 Å². The third-order valence-electron chi connectivity index (χ3n) is 3.51. The van der Waals surface area contributed by atoms with Crippen LogP contribution in [0.2, 0.25) is 0 Å². The average molecular weight is 258 g/mol. The van der Waals surface area contributed by atoms with E-state index in [1.165, 1.54) is 0 Å². The minimum absolute atomic E-state index is 0.0139. The predicted octanol–water partition coefficient (Wildman–Crippen LogP) is 1.86. The number of hydrogen-bond donors (Lipinski definition) is 2. The lowest BCUT2D eigenvalue weighted by Crippen LogP contribution is -2.39. The van der Waals surface area contributed by atoms with Gasteiger partial charge in [-0.1, -0.05) is 12.1 Å². The van der Waals surface area contributed by atoms with E-state index in [9.17, 15) is 4.79 Å². The highest BCUT2D eigenvalue weighted by Crippen LogP contribution is 2.20. The molecule has 1 fully saturated rings. The number of carbonyl (C=O) groups is 1. The Labute approximate surface area is 112 Å². The normalized spacial score (nSPS) is 19.5. The van der Waals surface area contributed by atoms with Crippen LogP contribution in [0, 0.1) is 0 Å². The smallest absolute Gasteiger partial charge is 0.230 e. The number of hydrogen-bond acceptors (Lipinski definition) is 4. The van der Waals surface area contributed by atoms with Gasteiger partial charge in [0.05, 0.1) is 11.0 Å². The summed E-state index contributed by atoms with van der Waals surface area (Å²) in [6, 6.07) is 8.05. The van der Waals surface area contributed by atoms with Gasteiger partial charge in [-0.3, -0.25) is 4.79 Å². The summed E-state index contributed by atoms with van der Waals surface area (Å²) in [7, 11) is 0. The van der Waals surface area contributed by atoms with E-state index >= 15 is 0 Å². The summed E-state index contributed by atoms with van der Waals surface area (Å²) in [5.41, 5.74) is 1.71. The average Bonchev–Trinajstić information content (AvgIpc) is 2.77. The van der Waals surface area contributed by atoms with Crippen molar-refractivity contribution < 1.29 is 4.79 Å². The summed E-state index contributed by atoms with van der Waals surface area (Å²) in [6.07, 6.45) is 2.26. The zero-order valence-electron chi connectivity index (χ0n) is 11.0. The van der Waals surface area contributed by atoms with Gasteiger partial charge in [0.15, 0.2) is 0 Å². The molecular formula is C14H18N4O. The van der Waals surface area contributed by atoms with Crippen molar-refractivity contribution in [2.45, 2.75) is 25.8 Å². The van der Waals surface area contributed by atoms with E-state index in [4.69, 9.17) is 0 Å². The number of piperidine rings is 1. The lowest BCUT2D eigenvalue weighted by atomic mass is 10.1. The minimum atomic E-state index is -0.0139. The molecule has 1 aromatic carbocycles. The molecular weight excluding hydrogens is 240 g/mol. The van der Waals surface area contributed by atoms with Crippen LogP contribution in [-0.4, -0.2) is 34.6 Å². The number of anilines is 1. The molecule has 2 aromatic rings. The first kappa shape index (κ1) is 12.2. The second kappa shape index (κ2) is 5.01. The van der Waals surface area contributed by atoms with Crippen LogP contribution in [0.4, 0.5) is 5.95 Å². The second-order valence-electron chi connectivity index (χ2n) is 4.97. The van der Waals surface area contributed by atoms with Gasteiger partial charge >= 0.3 is 0 Å². The van der Waals surface area contributed by atoms with Gasteiger partial charge in [0, 0.05) is 19.5 Å². The van der Waals surface area contributed by atoms with Crippen LogP contribution in [0.3, 0.4) is 0 Å². The lowest BCUT2D eigenvalue weighted by Gasteiger charge is -2.24. The van der Waals surface area contributed by atoms with Crippen LogP contribution in [0.15, 0.2) is 24.3 Å². The van der Waals surface area contributed by atoms with E-state index < -0.39 is 0 Å². The fraction of sp³-hybridized carbons (Fsp3) is 0.429. The van der Waals surface area contributed by atoms with E-state index in [2.05, 4.69) is 15.6 Å². The summed E-state index contributed by atoms with van der Waals surface area (Å²) in [5, 5.41) is 6.74. The standard InChI is InChI=1S/C14H18N4O/c1-10(19)18-13-7-3-2-6-12(13)17-14(18)16-11-5-4-8-15-9-11/h2-3,6-7,11,15H,4-5,8-9H2,1H3,(H,16,17). The molecule has 5 heteroatoms. The maximum absolute atomic E-state index is 11.9. The quantitative estimate of drug-likeness (QED) is 0.863. The zero-order valence-corrected chi connectivity index (χ0v) is 11.0. The Morgan fingerprint density at radius 2 is 2.32 bits per heavy atom. The van der Waals surface area contributed by atoms with Crippen molar-refractivity contribution >= 4 is 22.9 Å². The molecule has 1 atom stereocenters. The van der Waals surface area contributed by atoms with Gasteiger partial charge in [0.2, 0.25) is 11.9 Å². The first-order valence-corrected chi connectivity index (χ1v) is 6.71. The molecule has 5 nitrogen and oxygen atoms in total. The number of imidazole rings is 1. The number of nitrogens with zero attached hydrogens (tertiary/aromatic N) is 2. The van der Waals surface area contributed by atoms with Crippen molar-refractivity contribution in [2.24, 2.45) is 0 Å². The summed E-state index contributed by atoms with van der Waals surface area (Å²) in [4.78, 5) is 16.4. The number of aromatic nitrogens is 2. The summed E-state index contributed by atoms with van der Waals surface area (Å²) in [6.45, 7) is 3.56. The van der Waals surface area contributed by atoms with Crippen molar-refractivity contribution in [1.82, 2.24) is 14.9 Å². The highest BCUT2D eigenvalue weighted by atomic mass is 16.1. The molecule has 1 unspecified atom stereocenters. The summed E-state index contributed by atoms with van der Waals surface area (Å²) < 4.78 is 1.66. The molecule has 2 N–H and O–H groups in total. The van der Waals surface area contributed by atoms with Crippen molar-refractivity contribution in [3.05, 3.63) is 24.3 Å². The molecule has 1 aromatic heterocycles. The highest BCUT2D eigenvalue weighted by Gasteiger charge is 2.18. The molecule has 0 amide bonds. The van der Waals surface area contributed by atoms with Gasteiger partial charge in [-0.05, 0) is 31.5 Å². The fourth-order valence-corrected chi connectivity index (χ4v) is 2.60. The minimum Gasteiger partial charge on any atom is -0.351 e. The third-order valence-corrected chi connectivity index (χ3v) is 3.51. The van der Waals surface area contributed by atoms with E-state index in [1.807, 2.05) is 24.3 Å². The van der Waals surface area contributed by atoms with E-state index in [1.54, 1.807) is 11.5 Å². The van der Waals surface area contributed by atoms with Gasteiger partial charge in [-0.15, -0.1) is 0 Å². The Morgan fingerprint density at radius 1 is 1.47 bits per heavy atom. The van der Waals surface area contributed by atoms with E-state index in [0.717, 1.165) is 37.0 Å². The Hall–Kier alpha value is -1.88. The number of benzene rings is 1. The first-order chi connectivity index (χ1) is 9.25. The summed E-state index contributed by atoms with van der Waals surface area (Å²) >= 11 is 0. The van der Waals surface area contributed by atoms with Crippen LogP contribution in [-0.2, 0) is 0 Å². The Balaban J connectivity index is 1.97. The number of carbonyl (C=O) groups excluding carboxylic acids is 1. The second-order valence-corrected chi connectivity index (χ2v) is 4.97. The first-order valence-electron chi connectivity index (χ1n) is 6.71. The number of rotatable bonds is 2. The molecule has 1 aliphatic rings. The molecule has 0 aliphatic carbocycles. The maximum atomic E-state index is 11.9. The molecule has 3 rings (SSSR count). The van der Waals surface area contributed by atoms with Gasteiger partial charge in [0.25, 0.3) is 0 Å². The molecule has 1 saturated heterocycles. The van der Waals surface area contributed by atoms with Crippen LogP contribution in [0.25, 0.3) is 11.0 Å². The van der Waals surface area contributed by atoms with Crippen LogP contribution in [0.5, 0.6) is 0 Å². The topological polar surface area (TPSA) is 59.0 Å². The third kappa shape index (κ3) is 2.33. The molecule has 2 heterocycles. The SMILES string of the molecule is CC(=O)n1c(NC2CCCNC2)nc2ccccc21. The highest BCUT2D eigenvalue weighted by molar-refractivity contribution is 5.92. The predicted molar refractivity (Wildman–Crippen MR) is 75.5 cm³/mol. The van der Waals surface area contributed by atoms with Crippen LogP contribution >= 0.6 is 0 Å². The molecule has 0 spiro atoms. The zero-order chi connectivity index (χ0) is 13.2. The number of nitrogens with one attached hydrogen (secondary N) is 2. The molecule has 0 bridgehead atoms. The van der Waals surface area contributed by atoms with Crippen molar-refractivity contribution in [2.75, 3.05) is 18.4 Å². The van der Waals surface area contributed by atoms with E-state index in [-0.39, 0.29) is 5.91 Å². The molecule has 100 valence electrons. The van der Waals surface area contributed by atoms with Gasteiger partial charge in [-0.25, -0.2) is 9.55 Å². The lowest BCUT2D eigenvalue weighted by molar-refractivity contribution is 0.0943. The number of para-hydroxylation sites is 2. The number of fused-ring (bicyclic) bond motifs is 1. The molecule has 0 saturated carbocycles. The molecule has 19 heavy (non-hydrogen) atoms. The molecule has 0 radical (unpaired) electrons. The van der Waals surface area contributed by atoms with E-state index in [0.29, 0.717) is 12.0 Å². The molecule has 1 aliphatic heterocycles. The summed E-state index contributed by atoms with van der Waals surface area (Å²) in [5.74, 6) is 0.641. The van der Waals surface area contributed by atoms with Crippen molar-refractivity contribution in [3.8, 4) is 0 Å². The Morgan fingerprint density at radius 3 is 3.05 bits per heavy atom. The maximum Gasteiger partial charge on any atom is 0.230 e. The monoisotopic (exact) mass is 258 g/mol. The van der Waals surface area contributed by atoms with Gasteiger partial charge in [-0.2, -0.15) is 0 Å². The Bertz CT molecular complexity index is 599. The van der Waals surface area contributed by atoms with Crippen LogP contribution in [0.1, 0.15) is 24.6 Å². The van der Waals surface area contributed by atoms with Crippen molar-refractivity contribution in [3.63, 3.8) is 0 Å². The van der Waals surface area contributed by atoms with Gasteiger partial charge in [0.1, 0.15) is 0 Å². The fourth-order valence-electron chi connectivity index (χ4n) is 2.60. The Kier molecular flexibility index (Phi) is 3.21.